The molecular weight excluding hydrogens is 277 g/mol. The quantitative estimate of drug-likeness (QED) is 0.886. The number of aromatic carboxylic acids is 1. The van der Waals surface area contributed by atoms with Crippen LogP contribution < -0.4 is 0 Å². The van der Waals surface area contributed by atoms with Crippen molar-refractivity contribution in [1.82, 2.24) is 4.98 Å². The van der Waals surface area contributed by atoms with Crippen molar-refractivity contribution in [1.29, 1.82) is 0 Å². The van der Waals surface area contributed by atoms with Gasteiger partial charge in [-0.05, 0) is 12.1 Å². The largest absolute Gasteiger partial charge is 0.505 e. The van der Waals surface area contributed by atoms with Crippen LogP contribution in [0, 0.1) is 0 Å². The lowest BCUT2D eigenvalue weighted by Gasteiger charge is -2.07. The second kappa shape index (κ2) is 4.84. The van der Waals surface area contributed by atoms with Crippen LogP contribution in [0.5, 0.6) is 5.75 Å². The number of benzene rings is 1. The number of carbonyl (C=O) groups is 1. The van der Waals surface area contributed by atoms with Crippen LogP contribution in [0.2, 0.25) is 10.0 Å². The molecule has 0 saturated carbocycles. The third kappa shape index (κ3) is 2.25. The minimum absolute atomic E-state index is 0.323. The minimum atomic E-state index is -1.30. The highest BCUT2D eigenvalue weighted by Gasteiger charge is 2.14. The molecule has 18 heavy (non-hydrogen) atoms. The van der Waals surface area contributed by atoms with Gasteiger partial charge in [0.1, 0.15) is 5.75 Å². The number of halogens is 2. The SMILES string of the molecule is O=C(O)c1ncc(-c2cccc(Cl)c2Cl)cc1O. The Morgan fingerprint density at radius 1 is 1.28 bits per heavy atom. The van der Waals surface area contributed by atoms with Gasteiger partial charge in [-0.15, -0.1) is 0 Å². The van der Waals surface area contributed by atoms with Crippen LogP contribution in [-0.4, -0.2) is 21.2 Å². The highest BCUT2D eigenvalue weighted by molar-refractivity contribution is 6.43. The summed E-state index contributed by atoms with van der Waals surface area (Å²) in [6.45, 7) is 0. The molecule has 0 bridgehead atoms. The van der Waals surface area contributed by atoms with E-state index in [0.29, 0.717) is 21.2 Å². The highest BCUT2D eigenvalue weighted by Crippen LogP contribution is 2.34. The van der Waals surface area contributed by atoms with Gasteiger partial charge in [0.05, 0.1) is 10.0 Å². The number of hydrogen-bond donors (Lipinski definition) is 2. The van der Waals surface area contributed by atoms with Crippen LogP contribution in [0.3, 0.4) is 0 Å². The number of pyridine rings is 1. The van der Waals surface area contributed by atoms with Crippen molar-refractivity contribution in [3.05, 3.63) is 46.2 Å². The van der Waals surface area contributed by atoms with Crippen molar-refractivity contribution >= 4 is 29.2 Å². The Hall–Kier alpha value is -1.78. The summed E-state index contributed by atoms with van der Waals surface area (Å²) < 4.78 is 0. The maximum absolute atomic E-state index is 10.7. The van der Waals surface area contributed by atoms with Crippen LogP contribution >= 0.6 is 23.2 Å². The van der Waals surface area contributed by atoms with E-state index in [2.05, 4.69) is 4.98 Å². The third-order valence-electron chi connectivity index (χ3n) is 2.33. The molecule has 0 amide bonds. The fraction of sp³-hybridized carbons (Fsp3) is 0. The van der Waals surface area contributed by atoms with E-state index in [9.17, 15) is 9.90 Å². The van der Waals surface area contributed by atoms with Gasteiger partial charge >= 0.3 is 5.97 Å². The molecule has 0 atom stereocenters. The number of carboxylic acid groups (broad SMARTS) is 1. The monoisotopic (exact) mass is 283 g/mol. The molecule has 0 aliphatic rings. The topological polar surface area (TPSA) is 70.4 Å². The zero-order valence-electron chi connectivity index (χ0n) is 8.89. The first-order valence-corrected chi connectivity index (χ1v) is 5.63. The summed E-state index contributed by atoms with van der Waals surface area (Å²) >= 11 is 11.9. The van der Waals surface area contributed by atoms with Gasteiger partial charge in [0.15, 0.2) is 5.69 Å². The Labute approximate surface area is 112 Å². The second-order valence-corrected chi connectivity index (χ2v) is 4.28. The van der Waals surface area contributed by atoms with Gasteiger partial charge in [-0.2, -0.15) is 0 Å². The molecule has 0 spiro atoms. The van der Waals surface area contributed by atoms with Crippen LogP contribution in [0.1, 0.15) is 10.5 Å². The van der Waals surface area contributed by atoms with Gasteiger partial charge in [-0.25, -0.2) is 9.78 Å². The van der Waals surface area contributed by atoms with Crippen molar-refractivity contribution in [3.8, 4) is 16.9 Å². The van der Waals surface area contributed by atoms with Gasteiger partial charge in [0.25, 0.3) is 0 Å². The number of rotatable bonds is 2. The lowest BCUT2D eigenvalue weighted by Crippen LogP contribution is -2.00. The Balaban J connectivity index is 2.56. The molecule has 0 aliphatic heterocycles. The van der Waals surface area contributed by atoms with E-state index in [0.717, 1.165) is 0 Å². The number of aromatic nitrogens is 1. The van der Waals surface area contributed by atoms with Crippen molar-refractivity contribution in [2.45, 2.75) is 0 Å². The molecule has 1 heterocycles. The molecule has 6 heteroatoms. The predicted molar refractivity (Wildman–Crippen MR) is 68.3 cm³/mol. The maximum Gasteiger partial charge on any atom is 0.358 e. The van der Waals surface area contributed by atoms with E-state index in [1.54, 1.807) is 18.2 Å². The summed E-state index contributed by atoms with van der Waals surface area (Å²) in [4.78, 5) is 14.4. The first-order valence-electron chi connectivity index (χ1n) is 4.87. The van der Waals surface area contributed by atoms with Crippen molar-refractivity contribution in [2.75, 3.05) is 0 Å². The Morgan fingerprint density at radius 3 is 2.61 bits per heavy atom. The summed E-state index contributed by atoms with van der Waals surface area (Å²) in [5, 5.41) is 19.0. The maximum atomic E-state index is 10.7. The van der Waals surface area contributed by atoms with E-state index in [1.807, 2.05) is 0 Å². The summed E-state index contributed by atoms with van der Waals surface area (Å²) in [6, 6.07) is 6.32. The van der Waals surface area contributed by atoms with Gasteiger partial charge in [-0.1, -0.05) is 35.3 Å². The summed E-state index contributed by atoms with van der Waals surface area (Å²) in [5.74, 6) is -1.72. The number of hydrogen-bond acceptors (Lipinski definition) is 3. The fourth-order valence-corrected chi connectivity index (χ4v) is 1.90. The van der Waals surface area contributed by atoms with Crippen molar-refractivity contribution in [3.63, 3.8) is 0 Å². The van der Waals surface area contributed by atoms with Crippen LogP contribution in [0.4, 0.5) is 0 Å². The molecule has 1 aromatic heterocycles. The molecule has 0 saturated heterocycles. The van der Waals surface area contributed by atoms with Crippen LogP contribution in [0.25, 0.3) is 11.1 Å². The molecule has 0 aliphatic carbocycles. The first-order chi connectivity index (χ1) is 8.50. The molecule has 0 radical (unpaired) electrons. The van der Waals surface area contributed by atoms with Crippen molar-refractivity contribution in [2.24, 2.45) is 0 Å². The highest BCUT2D eigenvalue weighted by atomic mass is 35.5. The molecule has 2 N–H and O–H groups in total. The average molecular weight is 284 g/mol. The molecule has 0 unspecified atom stereocenters. The third-order valence-corrected chi connectivity index (χ3v) is 3.15. The van der Waals surface area contributed by atoms with Crippen molar-refractivity contribution < 1.29 is 15.0 Å². The van der Waals surface area contributed by atoms with Gasteiger partial charge in [0, 0.05) is 17.3 Å². The first kappa shape index (κ1) is 12.7. The number of carboxylic acids is 1. The number of nitrogens with zero attached hydrogens (tertiary/aromatic N) is 1. The average Bonchev–Trinajstić information content (AvgIpc) is 2.32. The summed E-state index contributed by atoms with van der Waals surface area (Å²) in [5.41, 5.74) is 0.658. The van der Waals surface area contributed by atoms with Gasteiger partial charge in [-0.3, -0.25) is 0 Å². The molecule has 2 rings (SSSR count). The van der Waals surface area contributed by atoms with E-state index in [4.69, 9.17) is 28.3 Å². The van der Waals surface area contributed by atoms with E-state index in [-0.39, 0.29) is 0 Å². The Morgan fingerprint density at radius 2 is 2.00 bits per heavy atom. The second-order valence-electron chi connectivity index (χ2n) is 3.50. The molecule has 0 fully saturated rings. The smallest absolute Gasteiger partial charge is 0.358 e. The Kier molecular flexibility index (Phi) is 3.41. The Bertz CT molecular complexity index is 629. The lowest BCUT2D eigenvalue weighted by molar-refractivity contribution is 0.0687. The molecule has 1 aromatic carbocycles. The molecule has 92 valence electrons. The van der Waals surface area contributed by atoms with Gasteiger partial charge < -0.3 is 10.2 Å². The zero-order chi connectivity index (χ0) is 13.3. The minimum Gasteiger partial charge on any atom is -0.505 e. The van der Waals surface area contributed by atoms with E-state index in [1.165, 1.54) is 12.3 Å². The summed E-state index contributed by atoms with van der Waals surface area (Å²) in [6.07, 6.45) is 1.32. The predicted octanol–water partition coefficient (Wildman–Crippen LogP) is 3.46. The lowest BCUT2D eigenvalue weighted by atomic mass is 10.1. The molecule has 2 aromatic rings. The van der Waals surface area contributed by atoms with Crippen LogP contribution in [-0.2, 0) is 0 Å². The normalized spacial score (nSPS) is 10.3. The fourth-order valence-electron chi connectivity index (χ4n) is 1.49. The summed E-state index contributed by atoms with van der Waals surface area (Å²) in [7, 11) is 0. The molecule has 4 nitrogen and oxygen atoms in total. The van der Waals surface area contributed by atoms with Gasteiger partial charge in [0.2, 0.25) is 0 Å². The van der Waals surface area contributed by atoms with Crippen LogP contribution in [0.15, 0.2) is 30.5 Å². The molecular formula is C12H7Cl2NO3. The van der Waals surface area contributed by atoms with E-state index < -0.39 is 17.4 Å². The zero-order valence-corrected chi connectivity index (χ0v) is 10.4. The number of aromatic hydroxyl groups is 1. The standard InChI is InChI=1S/C12H7Cl2NO3/c13-8-3-1-2-7(10(8)14)6-4-9(16)11(12(17)18)15-5-6/h1-5,16H,(H,17,18). The van der Waals surface area contributed by atoms with E-state index >= 15 is 0 Å².